The molecule has 7 rings (SSSR count). The van der Waals surface area contributed by atoms with Crippen LogP contribution in [-0.2, 0) is 23.1 Å². The van der Waals surface area contributed by atoms with Crippen molar-refractivity contribution in [1.29, 1.82) is 0 Å². The van der Waals surface area contributed by atoms with Crippen molar-refractivity contribution in [3.63, 3.8) is 0 Å². The van der Waals surface area contributed by atoms with Crippen LogP contribution in [0, 0.1) is 44.8 Å². The molecule has 0 aliphatic heterocycles. The molecule has 7 heteroatoms. The minimum atomic E-state index is -0.341. The highest BCUT2D eigenvalue weighted by Crippen LogP contribution is 2.75. The van der Waals surface area contributed by atoms with Crippen LogP contribution in [0.4, 0.5) is 5.82 Å². The monoisotopic (exact) mass is 573 g/mol. The Hall–Kier alpha value is -2.57. The third kappa shape index (κ3) is 3.48. The Balaban J connectivity index is 1.31. The molecule has 228 valence electrons. The highest BCUT2D eigenvalue weighted by Gasteiger charge is 2.69. The number of hydrogen-bond donors (Lipinski definition) is 4. The summed E-state index contributed by atoms with van der Waals surface area (Å²) in [4.78, 5) is 26.2. The van der Waals surface area contributed by atoms with Gasteiger partial charge in [0.15, 0.2) is 0 Å². The molecule has 5 aliphatic rings. The Morgan fingerprint density at radius 3 is 2.45 bits per heavy atom. The lowest BCUT2D eigenvalue weighted by Crippen LogP contribution is -2.64. The fourth-order valence-electron chi connectivity index (χ4n) is 12.0. The lowest BCUT2D eigenvalue weighted by molar-refractivity contribution is -0.166. The van der Waals surface area contributed by atoms with Crippen molar-refractivity contribution in [1.82, 2.24) is 20.4 Å². The van der Waals surface area contributed by atoms with Crippen LogP contribution in [0.1, 0.15) is 117 Å². The number of ketones is 1. The van der Waals surface area contributed by atoms with Crippen molar-refractivity contribution in [2.24, 2.45) is 44.8 Å². The van der Waals surface area contributed by atoms with E-state index < -0.39 is 0 Å². The number of aromatic amines is 3. The van der Waals surface area contributed by atoms with E-state index >= 15 is 0 Å². The number of anilines is 1. The number of H-pyrrole nitrogens is 3. The number of allylic oxidation sites excluding steroid dienone is 2. The summed E-state index contributed by atoms with van der Waals surface area (Å²) in [7, 11) is 0. The number of carbonyl (C=O) groups excluding carboxylic acids is 1. The second kappa shape index (κ2) is 8.53. The first-order valence-corrected chi connectivity index (χ1v) is 16.4. The number of nitrogens with one attached hydrogen (secondary N) is 3. The molecule has 2 heterocycles. The molecule has 3 fully saturated rings. The summed E-state index contributed by atoms with van der Waals surface area (Å²) in [5.74, 6) is 2.37. The molecule has 3 unspecified atom stereocenters. The van der Waals surface area contributed by atoms with Gasteiger partial charge in [0, 0.05) is 40.3 Å². The van der Waals surface area contributed by atoms with E-state index in [1.165, 1.54) is 24.1 Å². The van der Waals surface area contributed by atoms with E-state index in [4.69, 9.17) is 5.73 Å². The fraction of sp³-hybridized carbons (Fsp3) is 0.743. The van der Waals surface area contributed by atoms with Crippen LogP contribution in [0.3, 0.4) is 0 Å². The van der Waals surface area contributed by atoms with E-state index in [-0.39, 0.29) is 44.0 Å². The van der Waals surface area contributed by atoms with Gasteiger partial charge in [0.2, 0.25) is 0 Å². The Morgan fingerprint density at radius 2 is 1.74 bits per heavy atom. The number of fused-ring (bicyclic) bond motifs is 8. The van der Waals surface area contributed by atoms with Gasteiger partial charge < -0.3 is 10.8 Å². The van der Waals surface area contributed by atoms with Gasteiger partial charge in [0.05, 0.1) is 0 Å². The third-order valence-electron chi connectivity index (χ3n) is 14.4. The number of Topliss-reactive ketones (excluding diaryl/α,β-unsaturated/α-hetero) is 1. The van der Waals surface area contributed by atoms with Gasteiger partial charge in [-0.2, -0.15) is 5.10 Å². The van der Waals surface area contributed by atoms with Gasteiger partial charge in [-0.25, -0.2) is 0 Å². The number of hydrogen-bond acceptors (Lipinski definition) is 4. The molecule has 5 aliphatic carbocycles. The highest BCUT2D eigenvalue weighted by molar-refractivity contribution is 5.88. The molecule has 0 saturated heterocycles. The summed E-state index contributed by atoms with van der Waals surface area (Å²) < 4.78 is 0. The van der Waals surface area contributed by atoms with Gasteiger partial charge in [-0.3, -0.25) is 19.8 Å². The smallest absolute Gasteiger partial charge is 0.264 e. The van der Waals surface area contributed by atoms with Crippen molar-refractivity contribution in [3.8, 4) is 0 Å². The SMILES string of the molecule is CC1(C)CC[C@]2(C(=O)Cc3cc(=O)[nH][nH]3)CC[C@]3(C)C(=CCC4[C@@]5(C)Cc6c(N)n[nH]c6C(C)(C)C5CC[C@]43C)C2C1. The van der Waals surface area contributed by atoms with Crippen LogP contribution in [0.5, 0.6) is 0 Å². The molecule has 42 heavy (non-hydrogen) atoms. The maximum absolute atomic E-state index is 14.3. The van der Waals surface area contributed by atoms with Crippen molar-refractivity contribution >= 4 is 11.6 Å². The molecule has 0 radical (unpaired) electrons. The number of nitrogens with two attached hydrogens (primary N) is 1. The molecule has 0 bridgehead atoms. The molecule has 7 nitrogen and oxygen atoms in total. The molecular weight excluding hydrogens is 522 g/mol. The Morgan fingerprint density at radius 1 is 1.00 bits per heavy atom. The lowest BCUT2D eigenvalue weighted by Gasteiger charge is -2.70. The van der Waals surface area contributed by atoms with E-state index in [9.17, 15) is 9.59 Å². The van der Waals surface area contributed by atoms with E-state index in [2.05, 4.69) is 74.9 Å². The van der Waals surface area contributed by atoms with Gasteiger partial charge in [0.25, 0.3) is 5.56 Å². The average Bonchev–Trinajstić information content (AvgIpc) is 3.48. The summed E-state index contributed by atoms with van der Waals surface area (Å²) in [6.45, 7) is 17.4. The average molecular weight is 574 g/mol. The summed E-state index contributed by atoms with van der Waals surface area (Å²) in [6.07, 6.45) is 12.5. The minimum absolute atomic E-state index is 0.0000890. The van der Waals surface area contributed by atoms with Crippen LogP contribution in [0.2, 0.25) is 0 Å². The molecule has 2 aromatic heterocycles. The first kappa shape index (κ1) is 28.2. The number of carbonyl (C=O) groups is 1. The van der Waals surface area contributed by atoms with Crippen LogP contribution in [-0.4, -0.2) is 26.2 Å². The van der Waals surface area contributed by atoms with Gasteiger partial charge in [-0.1, -0.05) is 60.1 Å². The van der Waals surface area contributed by atoms with Gasteiger partial charge in [0.1, 0.15) is 11.6 Å². The predicted octanol–water partition coefficient (Wildman–Crippen LogP) is 6.64. The van der Waals surface area contributed by atoms with E-state index in [1.54, 1.807) is 11.6 Å². The number of rotatable bonds is 3. The van der Waals surface area contributed by atoms with Crippen LogP contribution in [0.25, 0.3) is 0 Å². The Kier molecular flexibility index (Phi) is 5.73. The van der Waals surface area contributed by atoms with Crippen molar-refractivity contribution < 1.29 is 4.79 Å². The lowest BCUT2D eigenvalue weighted by atomic mass is 9.33. The summed E-state index contributed by atoms with van der Waals surface area (Å²) in [5, 5.41) is 13.4. The van der Waals surface area contributed by atoms with E-state index in [0.29, 0.717) is 35.6 Å². The first-order valence-electron chi connectivity index (χ1n) is 16.4. The fourth-order valence-corrected chi connectivity index (χ4v) is 12.0. The zero-order valence-corrected chi connectivity index (χ0v) is 26.8. The Labute approximate surface area is 250 Å². The summed E-state index contributed by atoms with van der Waals surface area (Å²) >= 11 is 0. The minimum Gasteiger partial charge on any atom is -0.382 e. The molecule has 5 N–H and O–H groups in total. The molecule has 2 aromatic rings. The van der Waals surface area contributed by atoms with Gasteiger partial charge >= 0.3 is 0 Å². The second-order valence-electron chi connectivity index (χ2n) is 17.1. The summed E-state index contributed by atoms with van der Waals surface area (Å²) in [5.41, 5.74) is 11.3. The Bertz CT molecular complexity index is 1540. The molecule has 0 spiro atoms. The molecule has 0 amide bonds. The first-order chi connectivity index (χ1) is 19.6. The zero-order valence-electron chi connectivity index (χ0n) is 26.8. The normalized spacial score (nSPS) is 41.4. The van der Waals surface area contributed by atoms with E-state index in [1.807, 2.05) is 0 Å². The zero-order chi connectivity index (χ0) is 30.1. The number of nitrogens with zero attached hydrogens (tertiary/aromatic N) is 1. The van der Waals surface area contributed by atoms with Crippen LogP contribution in [0.15, 0.2) is 22.5 Å². The highest BCUT2D eigenvalue weighted by atomic mass is 16.1. The molecule has 0 aromatic carbocycles. The van der Waals surface area contributed by atoms with Crippen molar-refractivity contribution in [3.05, 3.63) is 45.0 Å². The molecular formula is C35H51N5O2. The maximum Gasteiger partial charge on any atom is 0.264 e. The van der Waals surface area contributed by atoms with Gasteiger partial charge in [-0.15, -0.1) is 0 Å². The van der Waals surface area contributed by atoms with Crippen molar-refractivity contribution in [2.75, 3.05) is 5.73 Å². The van der Waals surface area contributed by atoms with Gasteiger partial charge in [-0.05, 0) is 97.2 Å². The second-order valence-corrected chi connectivity index (χ2v) is 17.1. The van der Waals surface area contributed by atoms with Crippen LogP contribution < -0.4 is 11.3 Å². The number of nitrogen functional groups attached to an aromatic ring is 1. The predicted molar refractivity (Wildman–Crippen MR) is 166 cm³/mol. The quantitative estimate of drug-likeness (QED) is 0.308. The third-order valence-corrected chi connectivity index (χ3v) is 14.4. The van der Waals surface area contributed by atoms with E-state index in [0.717, 1.165) is 44.9 Å². The van der Waals surface area contributed by atoms with Crippen molar-refractivity contribution in [2.45, 2.75) is 118 Å². The molecule has 3 saturated carbocycles. The number of aromatic nitrogens is 4. The largest absolute Gasteiger partial charge is 0.382 e. The summed E-state index contributed by atoms with van der Waals surface area (Å²) in [6, 6.07) is 1.55. The topological polar surface area (TPSA) is 120 Å². The van der Waals surface area contributed by atoms with Crippen LogP contribution >= 0.6 is 0 Å². The maximum atomic E-state index is 14.3. The molecule has 7 atom stereocenters. The standard InChI is InChI=1S/C35H51N5O2/c1-30(2)12-14-35(26(41)16-20-17-27(42)38-37-20)15-13-33(6)22(23(35)19-30)8-9-25-32(5)18-21-28(39-40-29(21)36)31(3,4)24(32)10-11-34(25,33)7/h8,17,23-25H,9-16,18-19H2,1-7H3,(H3,36,39,40)(H2,37,38,42)/t23?,24?,25?,32-,33+,34+,35-/m0/s1.